The maximum atomic E-state index is 12.8. The zero-order valence-electron chi connectivity index (χ0n) is 16.5. The van der Waals surface area contributed by atoms with E-state index in [4.69, 9.17) is 9.15 Å². The lowest BCUT2D eigenvalue weighted by atomic mass is 10.2. The van der Waals surface area contributed by atoms with Crippen molar-refractivity contribution in [2.75, 3.05) is 12.4 Å². The van der Waals surface area contributed by atoms with E-state index in [0.29, 0.717) is 17.9 Å². The normalized spacial score (nSPS) is 10.8. The van der Waals surface area contributed by atoms with E-state index in [1.807, 2.05) is 55.5 Å². The van der Waals surface area contributed by atoms with Gasteiger partial charge < -0.3 is 19.8 Å². The van der Waals surface area contributed by atoms with Gasteiger partial charge in [0.25, 0.3) is 5.91 Å². The van der Waals surface area contributed by atoms with Gasteiger partial charge in [0.2, 0.25) is 0 Å². The molecule has 0 unspecified atom stereocenters. The fraction of sp³-hybridized carbons (Fsp3) is 0.130. The molecule has 0 spiro atoms. The van der Waals surface area contributed by atoms with E-state index in [0.717, 1.165) is 32.4 Å². The summed E-state index contributed by atoms with van der Waals surface area (Å²) in [5.41, 5.74) is 3.70. The number of carbonyl (C=O) groups excluding carboxylic acids is 1. The fourth-order valence-corrected chi connectivity index (χ4v) is 3.40. The van der Waals surface area contributed by atoms with Gasteiger partial charge in [0, 0.05) is 28.3 Å². The Labute approximate surface area is 182 Å². The molecule has 2 aromatic carbocycles. The Kier molecular flexibility index (Phi) is 5.72. The maximum absolute atomic E-state index is 12.8. The summed E-state index contributed by atoms with van der Waals surface area (Å²) in [6.07, 6.45) is 1.58. The van der Waals surface area contributed by atoms with Gasteiger partial charge in [-0.25, -0.2) is 4.98 Å². The number of methoxy groups -OCH3 is 1. The number of benzene rings is 2. The standard InChI is InChI=1S/C23H20BrN3O3/c1-14-11-16(7-8-18(14)24)26-22-17-9-10-30-21(17)12-19(27-22)23(28)25-13-15-5-3-4-6-20(15)29-2/h3-12H,13H2,1-2H3,(H,25,28)(H,26,27). The van der Waals surface area contributed by atoms with Crippen LogP contribution in [0.4, 0.5) is 11.5 Å². The summed E-state index contributed by atoms with van der Waals surface area (Å²) in [5, 5.41) is 7.00. The molecule has 4 aromatic rings. The number of hydrogen-bond acceptors (Lipinski definition) is 5. The van der Waals surface area contributed by atoms with Crippen molar-refractivity contribution in [3.8, 4) is 5.75 Å². The molecule has 2 N–H and O–H groups in total. The Morgan fingerprint density at radius 3 is 2.80 bits per heavy atom. The molecule has 152 valence electrons. The fourth-order valence-electron chi connectivity index (χ4n) is 3.15. The minimum absolute atomic E-state index is 0.267. The van der Waals surface area contributed by atoms with Crippen LogP contribution in [0.1, 0.15) is 21.6 Å². The highest BCUT2D eigenvalue weighted by Gasteiger charge is 2.15. The molecule has 0 aliphatic carbocycles. The third kappa shape index (κ3) is 4.16. The van der Waals surface area contributed by atoms with Crippen LogP contribution in [0.2, 0.25) is 0 Å². The molecule has 2 heterocycles. The Balaban J connectivity index is 1.60. The van der Waals surface area contributed by atoms with E-state index >= 15 is 0 Å². The number of amides is 1. The summed E-state index contributed by atoms with van der Waals surface area (Å²) in [5.74, 6) is 0.986. The molecule has 0 saturated heterocycles. The zero-order valence-corrected chi connectivity index (χ0v) is 18.1. The lowest BCUT2D eigenvalue weighted by Gasteiger charge is -2.12. The number of pyridine rings is 1. The number of anilines is 2. The molecule has 0 bridgehead atoms. The van der Waals surface area contributed by atoms with Gasteiger partial charge in [-0.3, -0.25) is 4.79 Å². The average molecular weight is 466 g/mol. The molecule has 2 aromatic heterocycles. The summed E-state index contributed by atoms with van der Waals surface area (Å²) in [7, 11) is 1.61. The van der Waals surface area contributed by atoms with Gasteiger partial charge in [-0.15, -0.1) is 0 Å². The minimum atomic E-state index is -0.297. The summed E-state index contributed by atoms with van der Waals surface area (Å²) in [4.78, 5) is 17.3. The topological polar surface area (TPSA) is 76.4 Å². The Hall–Kier alpha value is -3.32. The van der Waals surface area contributed by atoms with Crippen molar-refractivity contribution in [3.05, 3.63) is 82.2 Å². The lowest BCUT2D eigenvalue weighted by molar-refractivity contribution is 0.0946. The van der Waals surface area contributed by atoms with Gasteiger partial charge in [0.05, 0.1) is 18.8 Å². The SMILES string of the molecule is COc1ccccc1CNC(=O)c1cc2occc2c(Nc2ccc(Br)c(C)c2)n1. The highest BCUT2D eigenvalue weighted by molar-refractivity contribution is 9.10. The number of ether oxygens (including phenoxy) is 1. The third-order valence-corrected chi connectivity index (χ3v) is 5.63. The van der Waals surface area contributed by atoms with Crippen molar-refractivity contribution in [1.82, 2.24) is 10.3 Å². The summed E-state index contributed by atoms with van der Waals surface area (Å²) >= 11 is 3.51. The molecule has 0 saturated carbocycles. The van der Waals surface area contributed by atoms with Crippen LogP contribution in [0, 0.1) is 6.92 Å². The highest BCUT2D eigenvalue weighted by Crippen LogP contribution is 2.28. The van der Waals surface area contributed by atoms with E-state index < -0.39 is 0 Å². The predicted molar refractivity (Wildman–Crippen MR) is 120 cm³/mol. The van der Waals surface area contributed by atoms with E-state index in [2.05, 4.69) is 31.5 Å². The van der Waals surface area contributed by atoms with E-state index in [-0.39, 0.29) is 11.6 Å². The maximum Gasteiger partial charge on any atom is 0.270 e. The van der Waals surface area contributed by atoms with Crippen LogP contribution in [0.15, 0.2) is 69.8 Å². The molecule has 0 radical (unpaired) electrons. The quantitative estimate of drug-likeness (QED) is 0.388. The molecular formula is C23H20BrN3O3. The second kappa shape index (κ2) is 8.59. The van der Waals surface area contributed by atoms with E-state index in [1.54, 1.807) is 19.4 Å². The smallest absolute Gasteiger partial charge is 0.270 e. The predicted octanol–water partition coefficient (Wildman–Crippen LogP) is 5.58. The molecule has 0 aliphatic rings. The number of carbonyl (C=O) groups is 1. The summed E-state index contributed by atoms with van der Waals surface area (Å²) in [6, 6.07) is 16.9. The number of nitrogens with zero attached hydrogens (tertiary/aromatic N) is 1. The number of furan rings is 1. The number of nitrogens with one attached hydrogen (secondary N) is 2. The van der Waals surface area contributed by atoms with Gasteiger partial charge in [0.1, 0.15) is 22.8 Å². The molecule has 1 amide bonds. The van der Waals surface area contributed by atoms with Crippen LogP contribution in [-0.4, -0.2) is 18.0 Å². The third-order valence-electron chi connectivity index (χ3n) is 4.74. The number of fused-ring (bicyclic) bond motifs is 1. The van der Waals surface area contributed by atoms with Gasteiger partial charge in [-0.05, 0) is 42.8 Å². The van der Waals surface area contributed by atoms with Crippen molar-refractivity contribution in [1.29, 1.82) is 0 Å². The van der Waals surface area contributed by atoms with Crippen molar-refractivity contribution < 1.29 is 13.9 Å². The van der Waals surface area contributed by atoms with Crippen molar-refractivity contribution >= 4 is 44.3 Å². The molecule has 4 rings (SSSR count). The second-order valence-electron chi connectivity index (χ2n) is 6.77. The van der Waals surface area contributed by atoms with Crippen molar-refractivity contribution in [2.45, 2.75) is 13.5 Å². The molecule has 0 aliphatic heterocycles. The van der Waals surface area contributed by atoms with Gasteiger partial charge in [0.15, 0.2) is 0 Å². The van der Waals surface area contributed by atoms with Crippen molar-refractivity contribution in [3.63, 3.8) is 0 Å². The number of rotatable bonds is 6. The summed E-state index contributed by atoms with van der Waals surface area (Å²) in [6.45, 7) is 2.34. The van der Waals surface area contributed by atoms with Gasteiger partial charge in [-0.1, -0.05) is 34.1 Å². The van der Waals surface area contributed by atoms with Crippen LogP contribution in [-0.2, 0) is 6.54 Å². The highest BCUT2D eigenvalue weighted by atomic mass is 79.9. The number of aromatic nitrogens is 1. The zero-order chi connectivity index (χ0) is 21.1. The van der Waals surface area contributed by atoms with Crippen LogP contribution < -0.4 is 15.4 Å². The first kappa shape index (κ1) is 20.0. The largest absolute Gasteiger partial charge is 0.496 e. The van der Waals surface area contributed by atoms with Gasteiger partial charge >= 0.3 is 0 Å². The number of hydrogen-bond donors (Lipinski definition) is 2. The van der Waals surface area contributed by atoms with Gasteiger partial charge in [-0.2, -0.15) is 0 Å². The molecule has 30 heavy (non-hydrogen) atoms. The Morgan fingerprint density at radius 2 is 2.00 bits per heavy atom. The van der Waals surface area contributed by atoms with E-state index in [1.165, 1.54) is 0 Å². The monoisotopic (exact) mass is 465 g/mol. The first-order valence-corrected chi connectivity index (χ1v) is 10.2. The Bertz CT molecular complexity index is 1220. The van der Waals surface area contributed by atoms with Crippen molar-refractivity contribution in [2.24, 2.45) is 0 Å². The first-order valence-electron chi connectivity index (χ1n) is 9.36. The molecule has 0 atom stereocenters. The van der Waals surface area contributed by atoms with Crippen LogP contribution in [0.5, 0.6) is 5.75 Å². The second-order valence-corrected chi connectivity index (χ2v) is 7.63. The molecule has 0 fully saturated rings. The molecule has 7 heteroatoms. The molecular weight excluding hydrogens is 446 g/mol. The summed E-state index contributed by atoms with van der Waals surface area (Å²) < 4.78 is 11.9. The first-order chi connectivity index (χ1) is 14.5. The number of para-hydroxylation sites is 1. The average Bonchev–Trinajstić information content (AvgIpc) is 3.24. The van der Waals surface area contributed by atoms with Crippen LogP contribution >= 0.6 is 15.9 Å². The number of aryl methyl sites for hydroxylation is 1. The number of halogens is 1. The Morgan fingerprint density at radius 1 is 1.17 bits per heavy atom. The van der Waals surface area contributed by atoms with Crippen LogP contribution in [0.3, 0.4) is 0 Å². The van der Waals surface area contributed by atoms with Crippen LogP contribution in [0.25, 0.3) is 11.0 Å². The lowest BCUT2D eigenvalue weighted by Crippen LogP contribution is -2.24. The molecule has 6 nitrogen and oxygen atoms in total. The minimum Gasteiger partial charge on any atom is -0.496 e. The van der Waals surface area contributed by atoms with E-state index in [9.17, 15) is 4.79 Å².